The highest BCUT2D eigenvalue weighted by Crippen LogP contribution is 2.31. The number of rotatable bonds is 3. The Balaban J connectivity index is 2.10. The van der Waals surface area contributed by atoms with Crippen molar-refractivity contribution in [3.63, 3.8) is 0 Å². The van der Waals surface area contributed by atoms with E-state index in [2.05, 4.69) is 24.9 Å². The Morgan fingerprint density at radius 1 is 1.00 bits per heavy atom. The number of benzene rings is 2. The van der Waals surface area contributed by atoms with Crippen molar-refractivity contribution >= 4 is 22.5 Å². The minimum absolute atomic E-state index is 0.369. The summed E-state index contributed by atoms with van der Waals surface area (Å²) in [4.78, 5) is 4.52. The summed E-state index contributed by atoms with van der Waals surface area (Å²) in [6.45, 7) is 4.13. The molecule has 2 nitrogen and oxygen atoms in total. The molecular weight excluding hydrogens is 282 g/mol. The Bertz CT molecular complexity index is 778. The number of ether oxygens (including phenoxy) is 1. The third-order valence-electron chi connectivity index (χ3n) is 3.29. The molecule has 0 radical (unpaired) electrons. The first-order chi connectivity index (χ1) is 10.2. The number of hydrogen-bond acceptors (Lipinski definition) is 2. The van der Waals surface area contributed by atoms with Gasteiger partial charge in [-0.3, -0.25) is 4.98 Å². The highest BCUT2D eigenvalue weighted by Gasteiger charge is 2.08. The van der Waals surface area contributed by atoms with Crippen LogP contribution in [0.1, 0.15) is 16.8 Å². The molecule has 0 saturated carbocycles. The predicted octanol–water partition coefficient (Wildman–Crippen LogP) is 5.38. The van der Waals surface area contributed by atoms with E-state index in [0.717, 1.165) is 28.1 Å². The average Bonchev–Trinajstić information content (AvgIpc) is 2.46. The molecule has 0 aliphatic heterocycles. The zero-order chi connectivity index (χ0) is 14.8. The van der Waals surface area contributed by atoms with Gasteiger partial charge in [0, 0.05) is 11.5 Å². The molecule has 1 heterocycles. The van der Waals surface area contributed by atoms with Gasteiger partial charge in [0.2, 0.25) is 0 Å². The second kappa shape index (κ2) is 5.74. The third-order valence-corrected chi connectivity index (χ3v) is 3.57. The van der Waals surface area contributed by atoms with Gasteiger partial charge < -0.3 is 4.74 Å². The molecule has 0 saturated heterocycles. The lowest BCUT2D eigenvalue weighted by molar-refractivity contribution is 0.486. The van der Waals surface area contributed by atoms with E-state index in [-0.39, 0.29) is 0 Å². The zero-order valence-corrected chi connectivity index (χ0v) is 12.8. The van der Waals surface area contributed by atoms with Crippen LogP contribution in [-0.2, 0) is 5.88 Å². The van der Waals surface area contributed by atoms with Gasteiger partial charge in [-0.1, -0.05) is 18.2 Å². The summed E-state index contributed by atoms with van der Waals surface area (Å²) >= 11 is 5.93. The maximum atomic E-state index is 6.10. The van der Waals surface area contributed by atoms with Gasteiger partial charge in [-0.15, -0.1) is 11.6 Å². The first-order valence-corrected chi connectivity index (χ1v) is 7.40. The summed E-state index contributed by atoms with van der Waals surface area (Å²) in [6.07, 6.45) is 0. The molecule has 2 aromatic carbocycles. The van der Waals surface area contributed by atoms with Gasteiger partial charge in [0.1, 0.15) is 11.5 Å². The number of hydrogen-bond donors (Lipinski definition) is 0. The number of aryl methyl sites for hydroxylation is 2. The first kappa shape index (κ1) is 13.9. The van der Waals surface area contributed by atoms with Crippen molar-refractivity contribution in [2.45, 2.75) is 19.7 Å². The van der Waals surface area contributed by atoms with Crippen LogP contribution in [0.5, 0.6) is 11.5 Å². The lowest BCUT2D eigenvalue weighted by atomic mass is 10.1. The molecule has 3 aromatic rings. The number of nitrogens with zero attached hydrogens (tertiary/aromatic N) is 1. The minimum atomic E-state index is 0.369. The van der Waals surface area contributed by atoms with E-state index in [1.807, 2.05) is 42.5 Å². The highest BCUT2D eigenvalue weighted by molar-refractivity contribution is 6.17. The normalized spacial score (nSPS) is 10.8. The van der Waals surface area contributed by atoms with Crippen LogP contribution in [0.3, 0.4) is 0 Å². The van der Waals surface area contributed by atoms with Gasteiger partial charge in [0.25, 0.3) is 0 Å². The molecule has 0 fully saturated rings. The lowest BCUT2D eigenvalue weighted by Crippen LogP contribution is -1.93. The van der Waals surface area contributed by atoms with Crippen LogP contribution in [0.25, 0.3) is 10.9 Å². The smallest absolute Gasteiger partial charge is 0.138 e. The third kappa shape index (κ3) is 3.01. The Kier molecular flexibility index (Phi) is 3.80. The maximum absolute atomic E-state index is 6.10. The molecule has 0 atom stereocenters. The van der Waals surface area contributed by atoms with E-state index in [0.29, 0.717) is 5.88 Å². The van der Waals surface area contributed by atoms with Crippen LogP contribution in [0, 0.1) is 13.8 Å². The average molecular weight is 298 g/mol. The molecule has 21 heavy (non-hydrogen) atoms. The van der Waals surface area contributed by atoms with Gasteiger partial charge in [-0.25, -0.2) is 0 Å². The number of fused-ring (bicyclic) bond motifs is 1. The highest BCUT2D eigenvalue weighted by atomic mass is 35.5. The Morgan fingerprint density at radius 2 is 1.71 bits per heavy atom. The van der Waals surface area contributed by atoms with E-state index in [1.54, 1.807) is 0 Å². The SMILES string of the molecule is Cc1cc(C)cc(Oc2cc(CCl)nc3ccccc23)c1. The van der Waals surface area contributed by atoms with Crippen LogP contribution in [0.4, 0.5) is 0 Å². The lowest BCUT2D eigenvalue weighted by Gasteiger charge is -2.11. The molecule has 0 bridgehead atoms. The topological polar surface area (TPSA) is 22.1 Å². The van der Waals surface area contributed by atoms with Crippen LogP contribution >= 0.6 is 11.6 Å². The molecule has 0 aliphatic rings. The molecule has 0 unspecified atom stereocenters. The van der Waals surface area contributed by atoms with Crippen LogP contribution in [0.15, 0.2) is 48.5 Å². The summed E-state index contributed by atoms with van der Waals surface area (Å²) in [7, 11) is 0. The van der Waals surface area contributed by atoms with Crippen LogP contribution in [-0.4, -0.2) is 4.98 Å². The fourth-order valence-corrected chi connectivity index (χ4v) is 2.60. The minimum Gasteiger partial charge on any atom is -0.457 e. The second-order valence-electron chi connectivity index (χ2n) is 5.19. The molecule has 3 heteroatoms. The zero-order valence-electron chi connectivity index (χ0n) is 12.1. The van der Waals surface area contributed by atoms with Crippen molar-refractivity contribution in [2.75, 3.05) is 0 Å². The molecule has 0 aliphatic carbocycles. The number of para-hydroxylation sites is 1. The van der Waals surface area contributed by atoms with Crippen molar-refractivity contribution in [1.82, 2.24) is 4.98 Å². The molecule has 0 N–H and O–H groups in total. The summed E-state index contributed by atoms with van der Waals surface area (Å²) in [5.74, 6) is 2.00. The molecule has 0 spiro atoms. The van der Waals surface area contributed by atoms with E-state index < -0.39 is 0 Å². The van der Waals surface area contributed by atoms with Gasteiger partial charge >= 0.3 is 0 Å². The summed E-state index contributed by atoms with van der Waals surface area (Å²) in [6, 6.07) is 16.0. The number of pyridine rings is 1. The molecule has 106 valence electrons. The standard InChI is InChI=1S/C18H16ClNO/c1-12-7-13(2)9-15(8-12)21-18-10-14(11-19)20-17-6-4-3-5-16(17)18/h3-10H,11H2,1-2H3. The van der Waals surface area contributed by atoms with Crippen molar-refractivity contribution in [1.29, 1.82) is 0 Å². The fraction of sp³-hybridized carbons (Fsp3) is 0.167. The van der Waals surface area contributed by atoms with Crippen LogP contribution < -0.4 is 4.74 Å². The quantitative estimate of drug-likeness (QED) is 0.605. The summed E-state index contributed by atoms with van der Waals surface area (Å²) in [5.41, 5.74) is 4.08. The Labute approximate surface area is 129 Å². The summed E-state index contributed by atoms with van der Waals surface area (Å²) < 4.78 is 6.10. The van der Waals surface area contributed by atoms with E-state index in [4.69, 9.17) is 16.3 Å². The maximum Gasteiger partial charge on any atom is 0.138 e. The van der Waals surface area contributed by atoms with E-state index >= 15 is 0 Å². The van der Waals surface area contributed by atoms with Crippen LogP contribution in [0.2, 0.25) is 0 Å². The van der Waals surface area contributed by atoms with E-state index in [9.17, 15) is 0 Å². The molecule has 0 amide bonds. The van der Waals surface area contributed by atoms with Crippen molar-refractivity contribution in [2.24, 2.45) is 0 Å². The Hall–Kier alpha value is -2.06. The largest absolute Gasteiger partial charge is 0.457 e. The van der Waals surface area contributed by atoms with Gasteiger partial charge in [-0.2, -0.15) is 0 Å². The van der Waals surface area contributed by atoms with Crippen molar-refractivity contribution in [3.05, 3.63) is 65.4 Å². The fourth-order valence-electron chi connectivity index (χ4n) is 2.47. The molecule has 3 rings (SSSR count). The first-order valence-electron chi connectivity index (χ1n) is 6.86. The monoisotopic (exact) mass is 297 g/mol. The van der Waals surface area contributed by atoms with Gasteiger partial charge in [0.15, 0.2) is 0 Å². The van der Waals surface area contributed by atoms with Crippen molar-refractivity contribution < 1.29 is 4.74 Å². The second-order valence-corrected chi connectivity index (χ2v) is 5.46. The summed E-state index contributed by atoms with van der Waals surface area (Å²) in [5, 5.41) is 0.991. The van der Waals surface area contributed by atoms with Gasteiger partial charge in [-0.05, 0) is 49.2 Å². The molecular formula is C18H16ClNO. The van der Waals surface area contributed by atoms with Crippen molar-refractivity contribution in [3.8, 4) is 11.5 Å². The van der Waals surface area contributed by atoms with Gasteiger partial charge in [0.05, 0.1) is 17.1 Å². The Morgan fingerprint density at radius 3 is 2.43 bits per heavy atom. The predicted molar refractivity (Wildman–Crippen MR) is 87.3 cm³/mol. The number of aromatic nitrogens is 1. The van der Waals surface area contributed by atoms with E-state index in [1.165, 1.54) is 11.1 Å². The number of halogens is 1. The molecule has 1 aromatic heterocycles. The number of alkyl halides is 1.